The van der Waals surface area contributed by atoms with Crippen LogP contribution in [0.2, 0.25) is 5.15 Å². The maximum absolute atomic E-state index is 6.06. The van der Waals surface area contributed by atoms with Crippen molar-refractivity contribution in [2.75, 3.05) is 0 Å². The highest BCUT2D eigenvalue weighted by molar-refractivity contribution is 7.15. The van der Waals surface area contributed by atoms with Crippen LogP contribution in [0.1, 0.15) is 35.3 Å². The minimum absolute atomic E-state index is 0.516. The zero-order valence-electron chi connectivity index (χ0n) is 9.70. The zero-order chi connectivity index (χ0) is 12.0. The predicted octanol–water partition coefficient (Wildman–Crippen LogP) is 3.75. The summed E-state index contributed by atoms with van der Waals surface area (Å²) in [5, 5.41) is 1.59. The Labute approximate surface area is 109 Å². The normalized spacial score (nSPS) is 15.2. The first kappa shape index (κ1) is 11.1. The number of aromatic nitrogens is 3. The van der Waals surface area contributed by atoms with Gasteiger partial charge in [0.2, 0.25) is 0 Å². The van der Waals surface area contributed by atoms with Gasteiger partial charge in [-0.05, 0) is 26.7 Å². The van der Waals surface area contributed by atoms with Crippen molar-refractivity contribution < 1.29 is 0 Å². The molecule has 0 aromatic carbocycles. The fraction of sp³-hybridized carbons (Fsp3) is 0.417. The number of thiazole rings is 1. The summed E-state index contributed by atoms with van der Waals surface area (Å²) in [6, 6.07) is 1.83. The van der Waals surface area contributed by atoms with E-state index in [1.165, 1.54) is 12.8 Å². The summed E-state index contributed by atoms with van der Waals surface area (Å²) < 4.78 is 0. The minimum Gasteiger partial charge on any atom is -0.246 e. The standard InChI is InChI=1S/C12H12ClN3S/c1-6-11(17-7(2)14-6)9-5-10(13)16-12(15-9)8-3-4-8/h5,8H,3-4H2,1-2H3. The molecule has 88 valence electrons. The van der Waals surface area contributed by atoms with Crippen molar-refractivity contribution in [1.29, 1.82) is 0 Å². The third-order valence-electron chi connectivity index (χ3n) is 2.79. The molecule has 0 amide bonds. The number of nitrogens with zero attached hydrogens (tertiary/aromatic N) is 3. The van der Waals surface area contributed by atoms with E-state index >= 15 is 0 Å². The number of hydrogen-bond donors (Lipinski definition) is 0. The van der Waals surface area contributed by atoms with Crippen molar-refractivity contribution in [3.05, 3.63) is 27.7 Å². The molecule has 1 fully saturated rings. The molecule has 0 aliphatic heterocycles. The lowest BCUT2D eigenvalue weighted by Gasteiger charge is -2.02. The highest BCUT2D eigenvalue weighted by atomic mass is 35.5. The molecule has 2 aromatic heterocycles. The Hall–Kier alpha value is -1.00. The summed E-state index contributed by atoms with van der Waals surface area (Å²) in [5.41, 5.74) is 1.93. The number of aryl methyl sites for hydroxylation is 2. The Kier molecular flexibility index (Phi) is 2.64. The lowest BCUT2D eigenvalue weighted by atomic mass is 10.3. The van der Waals surface area contributed by atoms with Crippen molar-refractivity contribution in [1.82, 2.24) is 15.0 Å². The molecular weight excluding hydrogens is 254 g/mol. The van der Waals surface area contributed by atoms with Crippen LogP contribution < -0.4 is 0 Å². The van der Waals surface area contributed by atoms with E-state index < -0.39 is 0 Å². The molecule has 3 nitrogen and oxygen atoms in total. The lowest BCUT2D eigenvalue weighted by molar-refractivity contribution is 0.931. The second kappa shape index (κ2) is 4.03. The largest absolute Gasteiger partial charge is 0.246 e. The zero-order valence-corrected chi connectivity index (χ0v) is 11.3. The van der Waals surface area contributed by atoms with Crippen molar-refractivity contribution in [3.8, 4) is 10.6 Å². The Bertz CT molecular complexity index is 575. The van der Waals surface area contributed by atoms with Gasteiger partial charge in [0.05, 0.1) is 21.3 Å². The number of rotatable bonds is 2. The second-order valence-corrected chi connectivity index (χ2v) is 5.95. The summed E-state index contributed by atoms with van der Waals surface area (Å²) >= 11 is 7.72. The van der Waals surface area contributed by atoms with E-state index in [1.54, 1.807) is 11.3 Å². The van der Waals surface area contributed by atoms with Crippen LogP contribution in [-0.4, -0.2) is 15.0 Å². The summed E-state index contributed by atoms with van der Waals surface area (Å²) in [5.74, 6) is 1.40. The summed E-state index contributed by atoms with van der Waals surface area (Å²) in [7, 11) is 0. The average molecular weight is 266 g/mol. The maximum atomic E-state index is 6.06. The first-order chi connectivity index (χ1) is 8.13. The Morgan fingerprint density at radius 1 is 1.24 bits per heavy atom. The third-order valence-corrected chi connectivity index (χ3v) is 4.08. The SMILES string of the molecule is Cc1nc(C)c(-c2cc(Cl)nc(C3CC3)n2)s1. The average Bonchev–Trinajstić information content (AvgIpc) is 3.04. The van der Waals surface area contributed by atoms with Gasteiger partial charge in [-0.25, -0.2) is 15.0 Å². The molecule has 0 bridgehead atoms. The third kappa shape index (κ3) is 2.19. The lowest BCUT2D eigenvalue weighted by Crippen LogP contribution is -1.95. The highest BCUT2D eigenvalue weighted by Crippen LogP contribution is 2.39. The molecule has 0 saturated heterocycles. The molecule has 0 N–H and O–H groups in total. The molecule has 17 heavy (non-hydrogen) atoms. The topological polar surface area (TPSA) is 38.7 Å². The molecule has 1 saturated carbocycles. The molecule has 2 aromatic rings. The van der Waals surface area contributed by atoms with Gasteiger partial charge in [0.25, 0.3) is 0 Å². The Morgan fingerprint density at radius 3 is 2.59 bits per heavy atom. The molecular formula is C12H12ClN3S. The first-order valence-corrected chi connectivity index (χ1v) is 6.82. The van der Waals surface area contributed by atoms with Crippen molar-refractivity contribution >= 4 is 22.9 Å². The highest BCUT2D eigenvalue weighted by Gasteiger charge is 2.27. The molecule has 3 rings (SSSR count). The van der Waals surface area contributed by atoms with Gasteiger partial charge in [-0.2, -0.15) is 0 Å². The molecule has 1 aliphatic carbocycles. The van der Waals surface area contributed by atoms with Crippen LogP contribution in [-0.2, 0) is 0 Å². The van der Waals surface area contributed by atoms with Gasteiger partial charge in [-0.1, -0.05) is 11.6 Å². The molecule has 1 aliphatic rings. The van der Waals surface area contributed by atoms with E-state index in [1.807, 2.05) is 19.9 Å². The molecule has 0 unspecified atom stereocenters. The fourth-order valence-corrected chi connectivity index (χ4v) is 2.92. The van der Waals surface area contributed by atoms with Crippen molar-refractivity contribution in [3.63, 3.8) is 0 Å². The predicted molar refractivity (Wildman–Crippen MR) is 69.6 cm³/mol. The van der Waals surface area contributed by atoms with Gasteiger partial charge in [-0.15, -0.1) is 11.3 Å². The van der Waals surface area contributed by atoms with E-state index in [9.17, 15) is 0 Å². The van der Waals surface area contributed by atoms with Gasteiger partial charge in [0.1, 0.15) is 11.0 Å². The van der Waals surface area contributed by atoms with Gasteiger partial charge in [-0.3, -0.25) is 0 Å². The van der Waals surface area contributed by atoms with Crippen LogP contribution in [0.25, 0.3) is 10.6 Å². The quantitative estimate of drug-likeness (QED) is 0.777. The van der Waals surface area contributed by atoms with Crippen LogP contribution in [0.5, 0.6) is 0 Å². The first-order valence-electron chi connectivity index (χ1n) is 5.62. The van der Waals surface area contributed by atoms with E-state index in [0.717, 1.165) is 27.1 Å². The van der Waals surface area contributed by atoms with Gasteiger partial charge < -0.3 is 0 Å². The van der Waals surface area contributed by atoms with E-state index in [4.69, 9.17) is 11.6 Å². The maximum Gasteiger partial charge on any atom is 0.133 e. The van der Waals surface area contributed by atoms with Crippen molar-refractivity contribution in [2.24, 2.45) is 0 Å². The van der Waals surface area contributed by atoms with Crippen LogP contribution >= 0.6 is 22.9 Å². The molecule has 0 spiro atoms. The number of hydrogen-bond acceptors (Lipinski definition) is 4. The van der Waals surface area contributed by atoms with E-state index in [-0.39, 0.29) is 0 Å². The second-order valence-electron chi connectivity index (χ2n) is 4.36. The van der Waals surface area contributed by atoms with Gasteiger partial charge >= 0.3 is 0 Å². The smallest absolute Gasteiger partial charge is 0.133 e. The van der Waals surface area contributed by atoms with Crippen LogP contribution in [0.15, 0.2) is 6.07 Å². The van der Waals surface area contributed by atoms with Gasteiger partial charge in [0, 0.05) is 12.0 Å². The summed E-state index contributed by atoms with van der Waals surface area (Å²) in [4.78, 5) is 14.4. The summed E-state index contributed by atoms with van der Waals surface area (Å²) in [6.07, 6.45) is 2.36. The number of halogens is 1. The van der Waals surface area contributed by atoms with Crippen LogP contribution in [0, 0.1) is 13.8 Å². The monoisotopic (exact) mass is 265 g/mol. The fourth-order valence-electron chi connectivity index (χ4n) is 1.84. The van der Waals surface area contributed by atoms with E-state index in [0.29, 0.717) is 11.1 Å². The molecule has 0 atom stereocenters. The van der Waals surface area contributed by atoms with Gasteiger partial charge in [0.15, 0.2) is 0 Å². The Morgan fingerprint density at radius 2 is 2.00 bits per heavy atom. The van der Waals surface area contributed by atoms with Crippen LogP contribution in [0.4, 0.5) is 0 Å². The molecule has 2 heterocycles. The molecule has 5 heteroatoms. The van der Waals surface area contributed by atoms with Crippen LogP contribution in [0.3, 0.4) is 0 Å². The van der Waals surface area contributed by atoms with E-state index in [2.05, 4.69) is 15.0 Å². The summed E-state index contributed by atoms with van der Waals surface area (Å²) in [6.45, 7) is 4.01. The van der Waals surface area contributed by atoms with Crippen molar-refractivity contribution in [2.45, 2.75) is 32.6 Å². The molecule has 0 radical (unpaired) electrons. The Balaban J connectivity index is 2.10. The minimum atomic E-state index is 0.516.